The summed E-state index contributed by atoms with van der Waals surface area (Å²) in [6, 6.07) is 16.1. The van der Waals surface area contributed by atoms with Crippen molar-refractivity contribution in [1.29, 1.82) is 0 Å². The Morgan fingerprint density at radius 3 is 2.65 bits per heavy atom. The molecule has 0 amide bonds. The van der Waals surface area contributed by atoms with Gasteiger partial charge in [0, 0.05) is 11.8 Å². The van der Waals surface area contributed by atoms with E-state index in [2.05, 4.69) is 39.2 Å². The van der Waals surface area contributed by atoms with Gasteiger partial charge in [-0.2, -0.15) is 0 Å². The molecule has 0 bridgehead atoms. The first kappa shape index (κ1) is 11.0. The highest BCUT2D eigenvalue weighted by Crippen LogP contribution is 2.23. The lowest BCUT2D eigenvalue weighted by molar-refractivity contribution is 1.26. The van der Waals surface area contributed by atoms with E-state index in [1.54, 1.807) is 6.20 Å². The number of nitrogens with one attached hydrogen (secondary N) is 2. The summed E-state index contributed by atoms with van der Waals surface area (Å²) in [5.74, 6) is 0.711. The monoisotopic (exact) mass is 261 g/mol. The first-order valence-electron chi connectivity index (χ1n) is 6.38. The number of imidazole rings is 1. The molecule has 0 fully saturated rings. The molecule has 4 heteroatoms. The summed E-state index contributed by atoms with van der Waals surface area (Å²) >= 11 is 0. The first-order chi connectivity index (χ1) is 9.81. The lowest BCUT2D eigenvalue weighted by Crippen LogP contribution is -2.03. The fraction of sp³-hybridized carbons (Fsp3) is 0. The van der Waals surface area contributed by atoms with Crippen molar-refractivity contribution >= 4 is 21.8 Å². The molecule has 4 rings (SSSR count). The van der Waals surface area contributed by atoms with Gasteiger partial charge in [-0.3, -0.25) is 4.79 Å². The van der Waals surface area contributed by atoms with Crippen molar-refractivity contribution in [2.75, 3.05) is 0 Å². The van der Waals surface area contributed by atoms with Crippen LogP contribution in [0.3, 0.4) is 0 Å². The normalized spacial score (nSPS) is 11.2. The second-order valence-electron chi connectivity index (χ2n) is 4.72. The average Bonchev–Trinajstić information content (AvgIpc) is 2.92. The molecule has 20 heavy (non-hydrogen) atoms. The van der Waals surface area contributed by atoms with E-state index in [0.29, 0.717) is 11.3 Å². The smallest absolute Gasteiger partial charge is 0.276 e. The van der Waals surface area contributed by atoms with Gasteiger partial charge in [0.15, 0.2) is 5.52 Å². The zero-order valence-corrected chi connectivity index (χ0v) is 10.6. The molecule has 0 unspecified atom stereocenters. The Kier molecular flexibility index (Phi) is 2.23. The summed E-state index contributed by atoms with van der Waals surface area (Å²) in [6.45, 7) is 0. The number of aromatic nitrogens is 3. The molecule has 0 saturated heterocycles. The highest BCUT2D eigenvalue weighted by Gasteiger charge is 2.08. The van der Waals surface area contributed by atoms with Crippen LogP contribution in [0.2, 0.25) is 0 Å². The molecule has 0 aliphatic rings. The zero-order valence-electron chi connectivity index (χ0n) is 10.6. The maximum absolute atomic E-state index is 11.7. The third-order valence-corrected chi connectivity index (χ3v) is 3.43. The summed E-state index contributed by atoms with van der Waals surface area (Å²) < 4.78 is 0. The summed E-state index contributed by atoms with van der Waals surface area (Å²) in [5.41, 5.74) is 1.98. The number of hydrogen-bond donors (Lipinski definition) is 2. The largest absolute Gasteiger partial charge is 0.338 e. The highest BCUT2D eigenvalue weighted by atomic mass is 16.1. The van der Waals surface area contributed by atoms with E-state index >= 15 is 0 Å². The molecule has 96 valence electrons. The van der Waals surface area contributed by atoms with Crippen molar-refractivity contribution in [3.05, 3.63) is 65.1 Å². The Hall–Kier alpha value is -2.88. The molecule has 2 N–H and O–H groups in total. The van der Waals surface area contributed by atoms with Gasteiger partial charge < -0.3 is 9.97 Å². The van der Waals surface area contributed by atoms with Gasteiger partial charge in [0.2, 0.25) is 0 Å². The van der Waals surface area contributed by atoms with Gasteiger partial charge in [0.1, 0.15) is 5.82 Å². The molecule has 0 radical (unpaired) electrons. The summed E-state index contributed by atoms with van der Waals surface area (Å²) in [4.78, 5) is 21.9. The van der Waals surface area contributed by atoms with Crippen molar-refractivity contribution in [1.82, 2.24) is 15.0 Å². The van der Waals surface area contributed by atoms with E-state index in [0.717, 1.165) is 16.5 Å². The van der Waals surface area contributed by atoms with Crippen LogP contribution < -0.4 is 5.56 Å². The highest BCUT2D eigenvalue weighted by molar-refractivity contribution is 5.87. The molecule has 4 aromatic rings. The maximum Gasteiger partial charge on any atom is 0.276 e. The number of H-pyrrole nitrogens is 2. The quantitative estimate of drug-likeness (QED) is 0.553. The molecule has 0 saturated carbocycles. The van der Waals surface area contributed by atoms with Gasteiger partial charge >= 0.3 is 0 Å². The summed E-state index contributed by atoms with van der Waals surface area (Å²) in [6.07, 6.45) is 1.62. The number of aromatic amines is 2. The molecule has 4 nitrogen and oxygen atoms in total. The minimum atomic E-state index is -0.175. The van der Waals surface area contributed by atoms with E-state index in [1.165, 1.54) is 5.39 Å². The number of pyridine rings is 1. The lowest BCUT2D eigenvalue weighted by Gasteiger charge is -2.00. The van der Waals surface area contributed by atoms with E-state index in [1.807, 2.05) is 24.3 Å². The number of hydrogen-bond acceptors (Lipinski definition) is 2. The number of nitrogens with zero attached hydrogens (tertiary/aromatic N) is 1. The summed E-state index contributed by atoms with van der Waals surface area (Å²) in [5, 5.41) is 2.34. The fourth-order valence-electron chi connectivity index (χ4n) is 2.42. The van der Waals surface area contributed by atoms with Crippen LogP contribution >= 0.6 is 0 Å². The minimum absolute atomic E-state index is 0.175. The molecule has 0 spiro atoms. The number of rotatable bonds is 1. The van der Waals surface area contributed by atoms with Gasteiger partial charge in [-0.25, -0.2) is 4.98 Å². The Balaban J connectivity index is 1.96. The third-order valence-electron chi connectivity index (χ3n) is 3.43. The van der Waals surface area contributed by atoms with Crippen LogP contribution in [0.5, 0.6) is 0 Å². The first-order valence-corrected chi connectivity index (χ1v) is 6.38. The van der Waals surface area contributed by atoms with Gasteiger partial charge in [-0.1, -0.05) is 36.4 Å². The second-order valence-corrected chi connectivity index (χ2v) is 4.72. The Morgan fingerprint density at radius 2 is 1.80 bits per heavy atom. The minimum Gasteiger partial charge on any atom is -0.338 e. The SMILES string of the molecule is O=c1[nH]ccc2[nH]c(-c3ccc4ccccc4c3)nc12. The van der Waals surface area contributed by atoms with Crippen molar-refractivity contribution in [2.45, 2.75) is 0 Å². The van der Waals surface area contributed by atoms with Crippen molar-refractivity contribution < 1.29 is 0 Å². The third kappa shape index (κ3) is 1.62. The molecule has 2 aromatic heterocycles. The van der Waals surface area contributed by atoms with Crippen LogP contribution in [0.4, 0.5) is 0 Å². The van der Waals surface area contributed by atoms with Crippen molar-refractivity contribution in [3.63, 3.8) is 0 Å². The van der Waals surface area contributed by atoms with Crippen molar-refractivity contribution in [2.24, 2.45) is 0 Å². The fourth-order valence-corrected chi connectivity index (χ4v) is 2.42. The van der Waals surface area contributed by atoms with Crippen LogP contribution in [0, 0.1) is 0 Å². The Bertz CT molecular complexity index is 982. The van der Waals surface area contributed by atoms with Gasteiger partial charge in [-0.05, 0) is 22.9 Å². The van der Waals surface area contributed by atoms with Gasteiger partial charge in [0.25, 0.3) is 5.56 Å². The Morgan fingerprint density at radius 1 is 0.950 bits per heavy atom. The molecule has 0 atom stereocenters. The zero-order chi connectivity index (χ0) is 13.5. The molecule has 2 aromatic carbocycles. The lowest BCUT2D eigenvalue weighted by atomic mass is 10.1. The standard InChI is InChI=1S/C16H11N3O/c20-16-14-13(7-8-17-16)18-15(19-14)12-6-5-10-3-1-2-4-11(10)9-12/h1-9H,(H,17,20)(H,18,19). The number of benzene rings is 2. The molecule has 0 aliphatic carbocycles. The average molecular weight is 261 g/mol. The van der Waals surface area contributed by atoms with Crippen LogP contribution in [0.15, 0.2) is 59.5 Å². The topological polar surface area (TPSA) is 61.5 Å². The molecule has 0 aliphatic heterocycles. The van der Waals surface area contributed by atoms with Crippen LogP contribution in [-0.4, -0.2) is 15.0 Å². The van der Waals surface area contributed by atoms with Gasteiger partial charge in [0.05, 0.1) is 5.52 Å². The van der Waals surface area contributed by atoms with E-state index in [4.69, 9.17) is 0 Å². The summed E-state index contributed by atoms with van der Waals surface area (Å²) in [7, 11) is 0. The maximum atomic E-state index is 11.7. The van der Waals surface area contributed by atoms with Crippen molar-refractivity contribution in [3.8, 4) is 11.4 Å². The predicted molar refractivity (Wildman–Crippen MR) is 79.7 cm³/mol. The molecular formula is C16H11N3O. The van der Waals surface area contributed by atoms with Crippen LogP contribution in [-0.2, 0) is 0 Å². The molecular weight excluding hydrogens is 250 g/mol. The van der Waals surface area contributed by atoms with E-state index < -0.39 is 0 Å². The van der Waals surface area contributed by atoms with Crippen LogP contribution in [0.1, 0.15) is 0 Å². The molecule has 2 heterocycles. The van der Waals surface area contributed by atoms with E-state index in [9.17, 15) is 4.79 Å². The second kappa shape index (κ2) is 4.06. The predicted octanol–water partition coefficient (Wildman–Crippen LogP) is 3.07. The number of fused-ring (bicyclic) bond motifs is 2. The van der Waals surface area contributed by atoms with E-state index in [-0.39, 0.29) is 5.56 Å². The Labute approximate surface area is 114 Å². The van der Waals surface area contributed by atoms with Gasteiger partial charge in [-0.15, -0.1) is 0 Å². The van der Waals surface area contributed by atoms with Crippen LogP contribution in [0.25, 0.3) is 33.2 Å².